The van der Waals surface area contributed by atoms with Gasteiger partial charge in [-0.1, -0.05) is 65.7 Å². The van der Waals surface area contributed by atoms with Crippen LogP contribution < -0.4 is 10.1 Å². The second-order valence-electron chi connectivity index (χ2n) is 13.9. The number of ether oxygens (including phenoxy) is 3. The Morgan fingerprint density at radius 1 is 0.734 bits per heavy atom. The predicted molar refractivity (Wildman–Crippen MR) is 232 cm³/mol. The summed E-state index contributed by atoms with van der Waals surface area (Å²) in [6.07, 6.45) is 0.0664. The monoisotopic (exact) mass is 913 g/mol. The van der Waals surface area contributed by atoms with Gasteiger partial charge in [0.25, 0.3) is 0 Å². The number of hydrogen-bond acceptors (Lipinski definition) is 12. The minimum absolute atomic E-state index is 0.00483. The van der Waals surface area contributed by atoms with Gasteiger partial charge in [0.05, 0.1) is 58.5 Å². The Balaban J connectivity index is 0.000000192. The number of anilines is 2. The van der Waals surface area contributed by atoms with Gasteiger partial charge >= 0.3 is 18.1 Å². The highest BCUT2D eigenvalue weighted by atomic mass is 35.5. The molecule has 0 radical (unpaired) electrons. The molecular weight excluding hydrogens is 878 g/mol. The molecule has 14 nitrogen and oxygen atoms in total. The quantitative estimate of drug-likeness (QED) is 0.0698. The lowest BCUT2D eigenvalue weighted by Gasteiger charge is -2.19. The van der Waals surface area contributed by atoms with Crippen molar-refractivity contribution in [1.29, 1.82) is 0 Å². The van der Waals surface area contributed by atoms with Crippen molar-refractivity contribution in [2.24, 2.45) is 0 Å². The van der Waals surface area contributed by atoms with Crippen LogP contribution in [0.4, 0.5) is 24.7 Å². The van der Waals surface area contributed by atoms with Gasteiger partial charge in [-0.3, -0.25) is 0 Å². The van der Waals surface area contributed by atoms with Gasteiger partial charge in [0.1, 0.15) is 41.8 Å². The van der Waals surface area contributed by atoms with Crippen LogP contribution in [0.5, 0.6) is 11.5 Å². The van der Waals surface area contributed by atoms with E-state index in [4.69, 9.17) is 42.5 Å². The largest absolute Gasteiger partial charge is 0.458 e. The summed E-state index contributed by atoms with van der Waals surface area (Å²) in [6, 6.07) is 30.0. The van der Waals surface area contributed by atoms with E-state index < -0.39 is 35.9 Å². The minimum atomic E-state index is -4.48. The minimum Gasteiger partial charge on any atom is -0.458 e. The first-order chi connectivity index (χ1) is 30.9. The number of alkyl halides is 3. The van der Waals surface area contributed by atoms with Crippen LogP contribution in [0.25, 0.3) is 22.1 Å². The number of aliphatic hydroxyl groups excluding tert-OH is 2. The molecule has 0 saturated heterocycles. The maximum absolute atomic E-state index is 12.9. The van der Waals surface area contributed by atoms with Crippen molar-refractivity contribution in [3.05, 3.63) is 167 Å². The average Bonchev–Trinajstić information content (AvgIpc) is 3.91. The first-order valence-corrected chi connectivity index (χ1v) is 20.1. The third kappa shape index (κ3) is 11.3. The van der Waals surface area contributed by atoms with Gasteiger partial charge in [-0.15, -0.1) is 0 Å². The molecule has 64 heavy (non-hydrogen) atoms. The standard InChI is InChI=1S/C23H18ClN3O4.C22H18ClF3N4O3/c24-21-20-19(25-15-26-21)11-12-27(20)13-18(31-23(29)17-9-5-2-6-10-17)14-30-22(28)16-7-3-1-4-8-16;23-17-9-14(4-5-19(17)33-16-3-1-2-13(8-16)22(24,25)26)29-21-20-18(27-12-28-21)6-7-30(20)10-15(32)11-31/h1-12,15,18H,13-14H2;1-9,12,15,31-32H,10-11H2,(H,27,28,29). The molecule has 0 aliphatic heterocycles. The van der Waals surface area contributed by atoms with E-state index in [0.717, 1.165) is 12.1 Å². The number of rotatable bonds is 14. The molecule has 3 N–H and O–H groups in total. The first-order valence-electron chi connectivity index (χ1n) is 19.3. The third-order valence-corrected chi connectivity index (χ3v) is 9.92. The maximum Gasteiger partial charge on any atom is 0.416 e. The molecule has 2 atom stereocenters. The zero-order valence-corrected chi connectivity index (χ0v) is 34.8. The fourth-order valence-corrected chi connectivity index (χ4v) is 6.80. The van der Waals surface area contributed by atoms with Crippen LogP contribution in [0.15, 0.2) is 140 Å². The molecule has 4 heterocycles. The average molecular weight is 915 g/mol. The summed E-state index contributed by atoms with van der Waals surface area (Å²) >= 11 is 12.5. The second kappa shape index (κ2) is 20.4. The van der Waals surface area contributed by atoms with Gasteiger partial charge < -0.3 is 38.9 Å². The van der Waals surface area contributed by atoms with Crippen LogP contribution in [0.3, 0.4) is 0 Å². The number of aliphatic hydroxyl groups is 2. The van der Waals surface area contributed by atoms with Crippen LogP contribution in [0, 0.1) is 0 Å². The molecule has 0 spiro atoms. The van der Waals surface area contributed by atoms with Crippen LogP contribution in [-0.2, 0) is 28.7 Å². The maximum atomic E-state index is 12.9. The van der Waals surface area contributed by atoms with Gasteiger partial charge in [-0.05, 0) is 72.8 Å². The van der Waals surface area contributed by atoms with Crippen LogP contribution in [0.2, 0.25) is 10.2 Å². The van der Waals surface area contributed by atoms with Gasteiger partial charge in [-0.2, -0.15) is 13.2 Å². The Morgan fingerprint density at radius 2 is 1.38 bits per heavy atom. The normalized spacial score (nSPS) is 12.2. The van der Waals surface area contributed by atoms with Crippen molar-refractivity contribution in [2.45, 2.75) is 31.5 Å². The molecule has 4 aromatic heterocycles. The summed E-state index contributed by atoms with van der Waals surface area (Å²) in [4.78, 5) is 41.6. The highest BCUT2D eigenvalue weighted by molar-refractivity contribution is 6.33. The van der Waals surface area contributed by atoms with Crippen LogP contribution in [-0.4, -0.2) is 76.6 Å². The molecule has 2 unspecified atom stereocenters. The highest BCUT2D eigenvalue weighted by Gasteiger charge is 2.31. The molecule has 328 valence electrons. The van der Waals surface area contributed by atoms with E-state index in [9.17, 15) is 27.9 Å². The lowest BCUT2D eigenvalue weighted by atomic mass is 10.2. The zero-order chi connectivity index (χ0) is 45.2. The molecule has 19 heteroatoms. The summed E-state index contributed by atoms with van der Waals surface area (Å²) in [5.74, 6) is -0.382. The molecule has 8 rings (SSSR count). The predicted octanol–water partition coefficient (Wildman–Crippen LogP) is 9.16. The second-order valence-corrected chi connectivity index (χ2v) is 14.6. The van der Waals surface area contributed by atoms with Crippen molar-refractivity contribution in [2.75, 3.05) is 18.5 Å². The smallest absolute Gasteiger partial charge is 0.416 e. The first kappa shape index (κ1) is 45.0. The third-order valence-electron chi connectivity index (χ3n) is 9.35. The highest BCUT2D eigenvalue weighted by Crippen LogP contribution is 2.36. The summed E-state index contributed by atoms with van der Waals surface area (Å²) in [6.45, 7) is -0.166. The Labute approximate surface area is 372 Å². The number of benzene rings is 4. The van der Waals surface area contributed by atoms with Crippen molar-refractivity contribution >= 4 is 68.7 Å². The van der Waals surface area contributed by atoms with E-state index in [1.54, 1.807) is 94.3 Å². The molecule has 0 aliphatic rings. The number of nitrogens with one attached hydrogen (secondary N) is 1. The van der Waals surface area contributed by atoms with E-state index in [0.29, 0.717) is 44.7 Å². The summed E-state index contributed by atoms with van der Waals surface area (Å²) in [7, 11) is 0. The summed E-state index contributed by atoms with van der Waals surface area (Å²) < 4.78 is 58.9. The fourth-order valence-electron chi connectivity index (χ4n) is 6.33. The van der Waals surface area contributed by atoms with Crippen LogP contribution >= 0.6 is 23.2 Å². The van der Waals surface area contributed by atoms with E-state index in [1.165, 1.54) is 30.9 Å². The molecule has 0 aliphatic carbocycles. The number of carbonyl (C=O) groups is 2. The number of hydrogen-bond donors (Lipinski definition) is 3. The molecular formula is C45H36Cl2F3N7O7. The summed E-state index contributed by atoms with van der Waals surface area (Å²) in [5.41, 5.74) is 3.06. The molecule has 8 aromatic rings. The molecule has 0 saturated carbocycles. The van der Waals surface area contributed by atoms with Crippen molar-refractivity contribution < 1.29 is 47.2 Å². The molecule has 0 fully saturated rings. The number of halogens is 5. The number of esters is 2. The number of nitrogens with zero attached hydrogens (tertiary/aromatic N) is 6. The fraction of sp³-hybridized carbons (Fsp3) is 0.156. The van der Waals surface area contributed by atoms with Gasteiger partial charge in [0, 0.05) is 18.1 Å². The lowest BCUT2D eigenvalue weighted by Crippen LogP contribution is -2.29. The van der Waals surface area contributed by atoms with Crippen molar-refractivity contribution in [3.8, 4) is 11.5 Å². The molecule has 0 amide bonds. The van der Waals surface area contributed by atoms with Crippen molar-refractivity contribution in [3.63, 3.8) is 0 Å². The topological polar surface area (TPSA) is 176 Å². The SMILES string of the molecule is O=C(OCC(Cn1ccc2ncnc(Cl)c21)OC(=O)c1ccccc1)c1ccccc1.OCC(O)Cn1ccc2ncnc(Nc3ccc(Oc4cccc(C(F)(F)F)c4)c(Cl)c3)c21. The Kier molecular flexibility index (Phi) is 14.4. The summed E-state index contributed by atoms with van der Waals surface area (Å²) in [5, 5.41) is 22.5. The van der Waals surface area contributed by atoms with Gasteiger partial charge in [-0.25, -0.2) is 29.5 Å². The van der Waals surface area contributed by atoms with Gasteiger partial charge in [0.2, 0.25) is 0 Å². The molecule has 4 aromatic carbocycles. The van der Waals surface area contributed by atoms with E-state index in [-0.39, 0.29) is 48.0 Å². The lowest BCUT2D eigenvalue weighted by molar-refractivity contribution is -0.137. The number of fused-ring (bicyclic) bond motifs is 2. The zero-order valence-electron chi connectivity index (χ0n) is 33.3. The van der Waals surface area contributed by atoms with Crippen LogP contribution in [0.1, 0.15) is 26.3 Å². The van der Waals surface area contributed by atoms with Crippen molar-refractivity contribution in [1.82, 2.24) is 29.1 Å². The number of aromatic nitrogens is 6. The van der Waals surface area contributed by atoms with E-state index in [1.807, 2.05) is 12.1 Å². The Hall–Kier alpha value is -7.05. The Bertz CT molecular complexity index is 2870. The van der Waals surface area contributed by atoms with E-state index >= 15 is 0 Å². The Morgan fingerprint density at radius 3 is 2.03 bits per heavy atom. The van der Waals surface area contributed by atoms with Gasteiger partial charge in [0.15, 0.2) is 17.1 Å². The molecule has 0 bridgehead atoms. The number of carbonyl (C=O) groups excluding carboxylic acids is 2. The van der Waals surface area contributed by atoms with E-state index in [2.05, 4.69) is 25.3 Å².